The van der Waals surface area contributed by atoms with Gasteiger partial charge in [-0.15, -0.1) is 11.3 Å². The van der Waals surface area contributed by atoms with Crippen LogP contribution in [0.25, 0.3) is 10.2 Å². The first-order valence-corrected chi connectivity index (χ1v) is 8.53. The fraction of sp³-hybridized carbons (Fsp3) is 0.600. The zero-order chi connectivity index (χ0) is 17.0. The van der Waals surface area contributed by atoms with Crippen LogP contribution in [0.5, 0.6) is 0 Å². The van der Waals surface area contributed by atoms with Crippen molar-refractivity contribution >= 4 is 21.6 Å². The zero-order valence-electron chi connectivity index (χ0n) is 13.8. The molecule has 0 aromatic carbocycles. The van der Waals surface area contributed by atoms with Crippen LogP contribution in [0, 0.1) is 6.92 Å². The van der Waals surface area contributed by atoms with Gasteiger partial charge < -0.3 is 15.8 Å². The standard InChI is InChI=1S/C15H24N4O3S/c1-4-18-13(20)12-10(2)11(9-17-6-5-16)23-14(12)19(15(18)21)7-8-22-3/h17H,4-9,16H2,1-3H3. The molecule has 0 bridgehead atoms. The number of nitrogens with two attached hydrogens (primary N) is 1. The molecule has 23 heavy (non-hydrogen) atoms. The molecule has 0 unspecified atom stereocenters. The Morgan fingerprint density at radius 1 is 1.30 bits per heavy atom. The molecule has 0 atom stereocenters. The van der Waals surface area contributed by atoms with Crippen molar-refractivity contribution in [3.8, 4) is 0 Å². The van der Waals surface area contributed by atoms with Crippen molar-refractivity contribution in [2.75, 3.05) is 26.8 Å². The number of thiophene rings is 1. The summed E-state index contributed by atoms with van der Waals surface area (Å²) >= 11 is 1.49. The van der Waals surface area contributed by atoms with Crippen molar-refractivity contribution in [2.24, 2.45) is 5.73 Å². The molecular weight excluding hydrogens is 316 g/mol. The number of nitrogens with zero attached hydrogens (tertiary/aromatic N) is 2. The van der Waals surface area contributed by atoms with Gasteiger partial charge in [-0.05, 0) is 19.4 Å². The molecule has 2 aromatic heterocycles. The Morgan fingerprint density at radius 3 is 2.65 bits per heavy atom. The van der Waals surface area contributed by atoms with E-state index in [-0.39, 0.29) is 11.2 Å². The molecule has 0 spiro atoms. The quantitative estimate of drug-likeness (QED) is 0.672. The van der Waals surface area contributed by atoms with Gasteiger partial charge in [0.05, 0.1) is 18.5 Å². The number of hydrogen-bond acceptors (Lipinski definition) is 6. The van der Waals surface area contributed by atoms with Crippen molar-refractivity contribution in [1.29, 1.82) is 0 Å². The highest BCUT2D eigenvalue weighted by Gasteiger charge is 2.19. The third-order valence-corrected chi connectivity index (χ3v) is 5.15. The fourth-order valence-electron chi connectivity index (χ4n) is 2.57. The Labute approximate surface area is 138 Å². The van der Waals surface area contributed by atoms with E-state index in [0.717, 1.165) is 15.3 Å². The zero-order valence-corrected chi connectivity index (χ0v) is 14.7. The molecular formula is C15H24N4O3S. The minimum atomic E-state index is -0.273. The minimum Gasteiger partial charge on any atom is -0.383 e. The topological polar surface area (TPSA) is 91.3 Å². The minimum absolute atomic E-state index is 0.208. The number of aromatic nitrogens is 2. The van der Waals surface area contributed by atoms with Gasteiger partial charge in [-0.3, -0.25) is 13.9 Å². The molecule has 0 radical (unpaired) electrons. The number of ether oxygens (including phenoxy) is 1. The van der Waals surface area contributed by atoms with E-state index < -0.39 is 0 Å². The maximum atomic E-state index is 12.7. The molecule has 0 amide bonds. The van der Waals surface area contributed by atoms with Crippen LogP contribution in [0.4, 0.5) is 0 Å². The van der Waals surface area contributed by atoms with E-state index in [9.17, 15) is 9.59 Å². The maximum absolute atomic E-state index is 12.7. The van der Waals surface area contributed by atoms with Gasteiger partial charge in [0.2, 0.25) is 0 Å². The second-order valence-electron chi connectivity index (χ2n) is 5.27. The first-order valence-electron chi connectivity index (χ1n) is 7.72. The van der Waals surface area contributed by atoms with Crippen LogP contribution in [-0.2, 0) is 24.4 Å². The van der Waals surface area contributed by atoms with Crippen LogP contribution in [-0.4, -0.2) is 35.9 Å². The number of nitrogens with one attached hydrogen (secondary N) is 1. The molecule has 0 aliphatic heterocycles. The molecule has 0 aliphatic carbocycles. The van der Waals surface area contributed by atoms with Gasteiger partial charge in [-0.2, -0.15) is 0 Å². The second kappa shape index (κ2) is 7.87. The summed E-state index contributed by atoms with van der Waals surface area (Å²) in [5.41, 5.74) is 5.95. The largest absolute Gasteiger partial charge is 0.383 e. The Morgan fingerprint density at radius 2 is 2.04 bits per heavy atom. The van der Waals surface area contributed by atoms with Crippen LogP contribution in [0.3, 0.4) is 0 Å². The summed E-state index contributed by atoms with van der Waals surface area (Å²) in [6.45, 7) is 6.87. The Balaban J connectivity index is 2.65. The van der Waals surface area contributed by atoms with E-state index in [4.69, 9.17) is 10.5 Å². The molecule has 128 valence electrons. The molecule has 0 fully saturated rings. The summed E-state index contributed by atoms with van der Waals surface area (Å²) in [6, 6.07) is 0. The summed E-state index contributed by atoms with van der Waals surface area (Å²) in [6.07, 6.45) is 0. The lowest BCUT2D eigenvalue weighted by Gasteiger charge is -2.10. The molecule has 8 heteroatoms. The van der Waals surface area contributed by atoms with E-state index in [1.807, 2.05) is 6.92 Å². The van der Waals surface area contributed by atoms with Crippen molar-refractivity contribution in [2.45, 2.75) is 33.5 Å². The van der Waals surface area contributed by atoms with Crippen molar-refractivity contribution in [1.82, 2.24) is 14.5 Å². The lowest BCUT2D eigenvalue weighted by molar-refractivity contribution is 0.186. The molecule has 3 N–H and O–H groups in total. The first kappa shape index (κ1) is 17.9. The Hall–Kier alpha value is -1.48. The van der Waals surface area contributed by atoms with Crippen LogP contribution in [0.2, 0.25) is 0 Å². The molecule has 0 saturated carbocycles. The van der Waals surface area contributed by atoms with Gasteiger partial charge in [0.25, 0.3) is 5.56 Å². The van der Waals surface area contributed by atoms with E-state index in [1.165, 1.54) is 15.9 Å². The summed E-state index contributed by atoms with van der Waals surface area (Å²) in [7, 11) is 1.60. The molecule has 0 saturated heterocycles. The SMILES string of the molecule is CCn1c(=O)c2c(C)c(CNCCN)sc2n(CCOC)c1=O. The van der Waals surface area contributed by atoms with Gasteiger partial charge >= 0.3 is 5.69 Å². The summed E-state index contributed by atoms with van der Waals surface area (Å²) < 4.78 is 8.03. The van der Waals surface area contributed by atoms with Gasteiger partial charge in [-0.25, -0.2) is 4.79 Å². The number of fused-ring (bicyclic) bond motifs is 1. The van der Waals surface area contributed by atoms with E-state index in [1.54, 1.807) is 18.6 Å². The molecule has 2 rings (SSSR count). The fourth-order valence-corrected chi connectivity index (χ4v) is 3.86. The number of methoxy groups -OCH3 is 1. The third kappa shape index (κ3) is 3.40. The maximum Gasteiger partial charge on any atom is 0.332 e. The number of hydrogen-bond donors (Lipinski definition) is 2. The molecule has 0 aliphatic rings. The number of rotatable bonds is 8. The first-order chi connectivity index (χ1) is 11.1. The number of aryl methyl sites for hydroxylation is 1. The van der Waals surface area contributed by atoms with Crippen LogP contribution in [0.1, 0.15) is 17.4 Å². The summed E-state index contributed by atoms with van der Waals surface area (Å²) in [5, 5.41) is 3.88. The molecule has 2 aromatic rings. The lowest BCUT2D eigenvalue weighted by Crippen LogP contribution is -2.39. The normalized spacial score (nSPS) is 11.5. The highest BCUT2D eigenvalue weighted by molar-refractivity contribution is 7.18. The molecule has 7 nitrogen and oxygen atoms in total. The van der Waals surface area contributed by atoms with Gasteiger partial charge in [0.1, 0.15) is 4.83 Å². The third-order valence-electron chi connectivity index (χ3n) is 3.83. The Kier molecular flexibility index (Phi) is 6.11. The van der Waals surface area contributed by atoms with Crippen molar-refractivity contribution in [3.05, 3.63) is 31.3 Å². The second-order valence-corrected chi connectivity index (χ2v) is 6.36. The average molecular weight is 340 g/mol. The van der Waals surface area contributed by atoms with E-state index in [0.29, 0.717) is 44.7 Å². The van der Waals surface area contributed by atoms with Crippen LogP contribution in [0.15, 0.2) is 9.59 Å². The van der Waals surface area contributed by atoms with Crippen LogP contribution >= 0.6 is 11.3 Å². The smallest absolute Gasteiger partial charge is 0.332 e. The molecule has 2 heterocycles. The predicted molar refractivity (Wildman–Crippen MR) is 93.4 cm³/mol. The predicted octanol–water partition coefficient (Wildman–Crippen LogP) is 0.248. The summed E-state index contributed by atoms with van der Waals surface area (Å²) in [5.74, 6) is 0. The highest BCUT2D eigenvalue weighted by Crippen LogP contribution is 2.27. The van der Waals surface area contributed by atoms with Gasteiger partial charge in [-0.1, -0.05) is 0 Å². The van der Waals surface area contributed by atoms with Crippen LogP contribution < -0.4 is 22.3 Å². The van der Waals surface area contributed by atoms with Gasteiger partial charge in [0, 0.05) is 38.2 Å². The van der Waals surface area contributed by atoms with Gasteiger partial charge in [0.15, 0.2) is 0 Å². The monoisotopic (exact) mass is 340 g/mol. The van der Waals surface area contributed by atoms with Crippen molar-refractivity contribution in [3.63, 3.8) is 0 Å². The van der Waals surface area contributed by atoms with E-state index >= 15 is 0 Å². The lowest BCUT2D eigenvalue weighted by atomic mass is 10.2. The average Bonchev–Trinajstić information content (AvgIpc) is 2.85. The highest BCUT2D eigenvalue weighted by atomic mass is 32.1. The van der Waals surface area contributed by atoms with E-state index in [2.05, 4.69) is 5.32 Å². The Bertz CT molecular complexity index is 791. The van der Waals surface area contributed by atoms with Crippen molar-refractivity contribution < 1.29 is 4.74 Å². The summed E-state index contributed by atoms with van der Waals surface area (Å²) in [4.78, 5) is 27.0.